The Morgan fingerprint density at radius 1 is 1.27 bits per heavy atom. The number of hydrogen-bond donors (Lipinski definition) is 1. The highest BCUT2D eigenvalue weighted by molar-refractivity contribution is 7.92. The van der Waals surface area contributed by atoms with Crippen molar-refractivity contribution in [1.29, 1.82) is 0 Å². The molecule has 1 aliphatic heterocycles. The van der Waals surface area contributed by atoms with Gasteiger partial charge in [0.1, 0.15) is 11.9 Å². The van der Waals surface area contributed by atoms with Crippen molar-refractivity contribution in [1.82, 2.24) is 14.5 Å². The molecule has 1 N–H and O–H groups in total. The summed E-state index contributed by atoms with van der Waals surface area (Å²) in [5.41, 5.74) is 2.22. The molecule has 2 aromatic heterocycles. The van der Waals surface area contributed by atoms with Crippen LogP contribution in [0.4, 0.5) is 5.82 Å². The molecule has 2 aromatic rings. The first-order valence-corrected chi connectivity index (χ1v) is 11.7. The van der Waals surface area contributed by atoms with Crippen LogP contribution in [0.5, 0.6) is 6.01 Å². The van der Waals surface area contributed by atoms with Gasteiger partial charge >= 0.3 is 6.01 Å². The van der Waals surface area contributed by atoms with E-state index in [9.17, 15) is 13.2 Å². The number of aromatic nitrogens is 3. The third kappa shape index (κ3) is 5.17. The van der Waals surface area contributed by atoms with E-state index in [1.807, 2.05) is 0 Å². The minimum absolute atomic E-state index is 0.0130. The van der Waals surface area contributed by atoms with Crippen molar-refractivity contribution < 1.29 is 17.9 Å². The molecule has 0 bridgehead atoms. The van der Waals surface area contributed by atoms with Gasteiger partial charge in [-0.1, -0.05) is 6.92 Å². The fourth-order valence-corrected chi connectivity index (χ4v) is 4.48. The van der Waals surface area contributed by atoms with E-state index in [-0.39, 0.29) is 29.2 Å². The lowest BCUT2D eigenvalue weighted by Crippen LogP contribution is -2.27. The summed E-state index contributed by atoms with van der Waals surface area (Å²) in [5.74, 6) is 0.169. The number of anilines is 1. The van der Waals surface area contributed by atoms with Crippen molar-refractivity contribution in [2.45, 2.75) is 46.1 Å². The summed E-state index contributed by atoms with van der Waals surface area (Å²) in [6, 6.07) is 1.84. The zero-order valence-electron chi connectivity index (χ0n) is 17.8. The minimum Gasteiger partial charge on any atom is -0.460 e. The molecule has 30 heavy (non-hydrogen) atoms. The third-order valence-electron chi connectivity index (χ3n) is 4.93. The van der Waals surface area contributed by atoms with Gasteiger partial charge in [-0.25, -0.2) is 8.42 Å². The molecule has 0 radical (unpaired) electrons. The van der Waals surface area contributed by atoms with E-state index < -0.39 is 10.0 Å². The fraction of sp³-hybridized carbons (Fsp3) is 0.550. The molecular weight excluding hydrogens is 408 g/mol. The number of aryl methyl sites for hydroxylation is 2. The number of pyridine rings is 1. The van der Waals surface area contributed by atoms with Gasteiger partial charge in [-0.3, -0.25) is 9.52 Å². The van der Waals surface area contributed by atoms with Crippen molar-refractivity contribution >= 4 is 15.8 Å². The lowest BCUT2D eigenvalue weighted by atomic mass is 10.1. The van der Waals surface area contributed by atoms with Crippen LogP contribution >= 0.6 is 0 Å². The zero-order chi connectivity index (χ0) is 21.9. The van der Waals surface area contributed by atoms with Gasteiger partial charge in [-0.2, -0.15) is 9.97 Å². The van der Waals surface area contributed by atoms with Crippen LogP contribution in [-0.4, -0.2) is 48.0 Å². The van der Waals surface area contributed by atoms with E-state index in [4.69, 9.17) is 9.47 Å². The summed E-state index contributed by atoms with van der Waals surface area (Å²) < 4.78 is 40.1. The van der Waals surface area contributed by atoms with Crippen molar-refractivity contribution in [2.24, 2.45) is 7.05 Å². The summed E-state index contributed by atoms with van der Waals surface area (Å²) in [7, 11) is -1.88. The Balaban J connectivity index is 2.08. The number of nitrogens with zero attached hydrogens (tertiary/aromatic N) is 3. The normalized spacial score (nSPS) is 15.2. The Hall–Kier alpha value is -2.46. The second-order valence-corrected chi connectivity index (χ2v) is 9.35. The Morgan fingerprint density at radius 3 is 2.60 bits per heavy atom. The number of ether oxygens (including phenoxy) is 2. The first-order chi connectivity index (χ1) is 14.2. The molecule has 0 unspecified atom stereocenters. The Morgan fingerprint density at radius 2 is 1.97 bits per heavy atom. The molecule has 10 heteroatoms. The highest BCUT2D eigenvalue weighted by atomic mass is 32.2. The molecule has 0 atom stereocenters. The summed E-state index contributed by atoms with van der Waals surface area (Å²) in [6.45, 7) is 6.47. The molecule has 164 valence electrons. The Bertz CT molecular complexity index is 1050. The van der Waals surface area contributed by atoms with E-state index >= 15 is 0 Å². The maximum absolute atomic E-state index is 12.4. The van der Waals surface area contributed by atoms with Crippen LogP contribution in [0.1, 0.15) is 37.3 Å². The SMILES string of the molecule is CCCS(=O)(=O)Nc1nc(OC2CCOCC2)nc(-c2cc(C)c(=O)n(C)c2)c1C. The summed E-state index contributed by atoms with van der Waals surface area (Å²) in [5, 5.41) is 0. The van der Waals surface area contributed by atoms with Crippen molar-refractivity contribution in [2.75, 3.05) is 23.7 Å². The molecule has 0 aromatic carbocycles. The largest absolute Gasteiger partial charge is 0.460 e. The molecule has 1 aliphatic rings. The van der Waals surface area contributed by atoms with Crippen LogP contribution in [-0.2, 0) is 21.8 Å². The number of hydrogen-bond acceptors (Lipinski definition) is 7. The first-order valence-electron chi connectivity index (χ1n) is 10.0. The number of nitrogens with one attached hydrogen (secondary N) is 1. The number of rotatable bonds is 7. The van der Waals surface area contributed by atoms with E-state index in [0.29, 0.717) is 54.9 Å². The molecule has 0 amide bonds. The lowest BCUT2D eigenvalue weighted by Gasteiger charge is -2.23. The summed E-state index contributed by atoms with van der Waals surface area (Å²) >= 11 is 0. The lowest BCUT2D eigenvalue weighted by molar-refractivity contribution is 0.0218. The third-order valence-corrected chi connectivity index (χ3v) is 6.38. The fourth-order valence-electron chi connectivity index (χ4n) is 3.35. The second kappa shape index (κ2) is 9.13. The van der Waals surface area contributed by atoms with Gasteiger partial charge in [0, 0.05) is 42.8 Å². The maximum atomic E-state index is 12.4. The smallest absolute Gasteiger partial charge is 0.319 e. The maximum Gasteiger partial charge on any atom is 0.319 e. The van der Waals surface area contributed by atoms with Gasteiger partial charge in [0.15, 0.2) is 0 Å². The number of sulfonamides is 1. The monoisotopic (exact) mass is 436 g/mol. The van der Waals surface area contributed by atoms with Crippen molar-refractivity contribution in [3.8, 4) is 17.3 Å². The van der Waals surface area contributed by atoms with Gasteiger partial charge in [0.2, 0.25) is 10.0 Å². The standard InChI is InChI=1S/C20H28N4O5S/c1-5-10-30(26,27)23-18-14(3)17(15-11-13(2)19(25)24(4)12-15)21-20(22-18)29-16-6-8-28-9-7-16/h11-12,16H,5-10H2,1-4H3,(H,21,22,23). The molecule has 3 heterocycles. The van der Waals surface area contributed by atoms with Crippen LogP contribution in [0, 0.1) is 13.8 Å². The molecular formula is C20H28N4O5S. The summed E-state index contributed by atoms with van der Waals surface area (Å²) in [6.07, 6.45) is 3.48. The van der Waals surface area contributed by atoms with E-state index in [1.165, 1.54) is 4.57 Å². The Labute approximate surface area is 176 Å². The predicted molar refractivity (Wildman–Crippen MR) is 114 cm³/mol. The highest BCUT2D eigenvalue weighted by Gasteiger charge is 2.22. The van der Waals surface area contributed by atoms with Crippen LogP contribution in [0.3, 0.4) is 0 Å². The minimum atomic E-state index is -3.55. The van der Waals surface area contributed by atoms with Crippen molar-refractivity contribution in [3.63, 3.8) is 0 Å². The molecule has 0 aliphatic carbocycles. The topological polar surface area (TPSA) is 112 Å². The highest BCUT2D eigenvalue weighted by Crippen LogP contribution is 2.29. The van der Waals surface area contributed by atoms with Gasteiger partial charge in [0.05, 0.1) is 24.7 Å². The molecule has 0 spiro atoms. The van der Waals surface area contributed by atoms with E-state index in [0.717, 1.165) is 0 Å². The zero-order valence-corrected chi connectivity index (χ0v) is 18.6. The van der Waals surface area contributed by atoms with Crippen LogP contribution in [0.15, 0.2) is 17.1 Å². The quantitative estimate of drug-likeness (QED) is 0.708. The van der Waals surface area contributed by atoms with Crippen molar-refractivity contribution in [3.05, 3.63) is 33.7 Å². The second-order valence-electron chi connectivity index (χ2n) is 7.51. The molecule has 0 saturated carbocycles. The molecule has 1 fully saturated rings. The molecule has 3 rings (SSSR count). The average molecular weight is 437 g/mol. The Kier molecular flexibility index (Phi) is 6.77. The van der Waals surface area contributed by atoms with Crippen LogP contribution < -0.4 is 15.0 Å². The van der Waals surface area contributed by atoms with E-state index in [2.05, 4.69) is 14.7 Å². The van der Waals surface area contributed by atoms with Gasteiger partial charge < -0.3 is 14.0 Å². The van der Waals surface area contributed by atoms with Gasteiger partial charge in [-0.15, -0.1) is 0 Å². The predicted octanol–water partition coefficient (Wildman–Crippen LogP) is 2.17. The molecule has 9 nitrogen and oxygen atoms in total. The average Bonchev–Trinajstić information content (AvgIpc) is 2.68. The van der Waals surface area contributed by atoms with Crippen LogP contribution in [0.2, 0.25) is 0 Å². The van der Waals surface area contributed by atoms with E-state index in [1.54, 1.807) is 40.1 Å². The van der Waals surface area contributed by atoms with Crippen LogP contribution in [0.25, 0.3) is 11.3 Å². The van der Waals surface area contributed by atoms with Gasteiger partial charge in [-0.05, 0) is 26.3 Å². The molecule has 1 saturated heterocycles. The first kappa shape index (κ1) is 22.2. The van der Waals surface area contributed by atoms with Gasteiger partial charge in [0.25, 0.3) is 5.56 Å². The summed E-state index contributed by atoms with van der Waals surface area (Å²) in [4.78, 5) is 21.0.